The van der Waals surface area contributed by atoms with E-state index in [1.54, 1.807) is 18.4 Å². The number of aromatic nitrogens is 2. The number of primary amides is 1. The number of nitrogens with zero attached hydrogens (tertiary/aromatic N) is 2. The van der Waals surface area contributed by atoms with Gasteiger partial charge in [0.1, 0.15) is 17.2 Å². The van der Waals surface area contributed by atoms with E-state index in [9.17, 15) is 4.79 Å². The van der Waals surface area contributed by atoms with Crippen LogP contribution in [0.5, 0.6) is 5.75 Å². The highest BCUT2D eigenvalue weighted by atomic mass is 32.1. The second-order valence-electron chi connectivity index (χ2n) is 6.58. The molecule has 4 aromatic rings. The van der Waals surface area contributed by atoms with Crippen LogP contribution >= 0.6 is 11.3 Å². The molecule has 0 saturated heterocycles. The molecule has 0 unspecified atom stereocenters. The lowest BCUT2D eigenvalue weighted by Crippen LogP contribution is -2.14. The Morgan fingerprint density at radius 2 is 1.96 bits per heavy atom. The van der Waals surface area contributed by atoms with E-state index in [1.165, 1.54) is 0 Å². The summed E-state index contributed by atoms with van der Waals surface area (Å²) in [5.74, 6) is 0.478. The van der Waals surface area contributed by atoms with Crippen molar-refractivity contribution in [2.45, 2.75) is 20.8 Å². The summed E-state index contributed by atoms with van der Waals surface area (Å²) in [4.78, 5) is 17.1. The van der Waals surface area contributed by atoms with Gasteiger partial charge in [0, 0.05) is 21.3 Å². The molecule has 1 aromatic carbocycles. The number of hydrogen-bond donors (Lipinski definition) is 2. The van der Waals surface area contributed by atoms with E-state index in [1.807, 2.05) is 48.9 Å². The second kappa shape index (κ2) is 5.99. The number of methoxy groups -OCH3 is 1. The first-order valence-corrected chi connectivity index (χ1v) is 9.36. The summed E-state index contributed by atoms with van der Waals surface area (Å²) in [6.07, 6.45) is 0. The molecule has 4 N–H and O–H groups in total. The number of aryl methyl sites for hydroxylation is 2. The molecule has 7 heteroatoms. The smallest absolute Gasteiger partial charge is 0.253 e. The van der Waals surface area contributed by atoms with Crippen molar-refractivity contribution in [3.63, 3.8) is 0 Å². The maximum Gasteiger partial charge on any atom is 0.253 e. The van der Waals surface area contributed by atoms with E-state index in [-0.39, 0.29) is 0 Å². The minimum absolute atomic E-state index is 0.296. The van der Waals surface area contributed by atoms with Crippen LogP contribution in [0.3, 0.4) is 0 Å². The van der Waals surface area contributed by atoms with Gasteiger partial charge in [0.25, 0.3) is 5.91 Å². The van der Waals surface area contributed by atoms with E-state index in [0.717, 1.165) is 38.3 Å². The fourth-order valence-corrected chi connectivity index (χ4v) is 4.76. The molecule has 138 valence electrons. The summed E-state index contributed by atoms with van der Waals surface area (Å²) in [5.41, 5.74) is 16.8. The fourth-order valence-electron chi connectivity index (χ4n) is 3.76. The highest BCUT2D eigenvalue weighted by molar-refractivity contribution is 7.18. The normalized spacial score (nSPS) is 11.4. The van der Waals surface area contributed by atoms with Crippen LogP contribution in [0.25, 0.3) is 26.8 Å². The first-order chi connectivity index (χ1) is 12.9. The van der Waals surface area contributed by atoms with Gasteiger partial charge in [-0.25, -0.2) is 4.98 Å². The van der Waals surface area contributed by atoms with Crippen molar-refractivity contribution in [3.05, 3.63) is 46.0 Å². The number of carbonyl (C=O) groups is 1. The Hall–Kier alpha value is -3.06. The van der Waals surface area contributed by atoms with Crippen molar-refractivity contribution < 1.29 is 9.53 Å². The maximum atomic E-state index is 12.3. The molecule has 0 aliphatic rings. The van der Waals surface area contributed by atoms with Gasteiger partial charge in [-0.15, -0.1) is 11.3 Å². The van der Waals surface area contributed by atoms with Crippen LogP contribution in [-0.2, 0) is 0 Å². The summed E-state index contributed by atoms with van der Waals surface area (Å²) in [7, 11) is 1.63. The molecular weight excluding hydrogens is 360 g/mol. The second-order valence-corrected chi connectivity index (χ2v) is 7.49. The molecule has 0 bridgehead atoms. The van der Waals surface area contributed by atoms with Crippen LogP contribution in [0.1, 0.15) is 27.2 Å². The summed E-state index contributed by atoms with van der Waals surface area (Å²) < 4.78 is 8.28. The average molecular weight is 380 g/mol. The number of nitrogens with two attached hydrogens (primary N) is 2. The Bertz CT molecular complexity index is 1240. The van der Waals surface area contributed by atoms with Crippen LogP contribution in [0.15, 0.2) is 23.6 Å². The lowest BCUT2D eigenvalue weighted by molar-refractivity contribution is 0.100. The molecule has 6 nitrogen and oxygen atoms in total. The highest BCUT2D eigenvalue weighted by Gasteiger charge is 2.26. The lowest BCUT2D eigenvalue weighted by Gasteiger charge is -2.17. The standard InChI is InChI=1S/C20H20N4O2S/c1-9-5-6-13(26-4)10(2)16(9)24-18(21)15(19(22)25)14-17-12(7-8-27-17)11(3)23-20(14)24/h5-8H,21H2,1-4H3,(H2,22,25). The molecule has 4 rings (SSSR count). The minimum atomic E-state index is -0.560. The zero-order chi connectivity index (χ0) is 19.5. The lowest BCUT2D eigenvalue weighted by atomic mass is 10.1. The van der Waals surface area contributed by atoms with Crippen LogP contribution in [0.2, 0.25) is 0 Å². The van der Waals surface area contributed by atoms with E-state index in [0.29, 0.717) is 22.4 Å². The molecule has 0 aliphatic carbocycles. The number of anilines is 1. The van der Waals surface area contributed by atoms with E-state index in [2.05, 4.69) is 0 Å². The number of hydrogen-bond acceptors (Lipinski definition) is 5. The number of pyridine rings is 1. The van der Waals surface area contributed by atoms with Gasteiger partial charge in [-0.2, -0.15) is 0 Å². The van der Waals surface area contributed by atoms with Crippen LogP contribution in [0.4, 0.5) is 5.82 Å². The van der Waals surface area contributed by atoms with Crippen LogP contribution in [-0.4, -0.2) is 22.6 Å². The molecule has 0 fully saturated rings. The first-order valence-electron chi connectivity index (χ1n) is 8.48. The van der Waals surface area contributed by atoms with Gasteiger partial charge in [0.2, 0.25) is 0 Å². The maximum absolute atomic E-state index is 12.3. The van der Waals surface area contributed by atoms with Gasteiger partial charge in [-0.3, -0.25) is 9.36 Å². The number of benzene rings is 1. The number of amides is 1. The Morgan fingerprint density at radius 1 is 1.22 bits per heavy atom. The predicted molar refractivity (Wildman–Crippen MR) is 110 cm³/mol. The van der Waals surface area contributed by atoms with Crippen molar-refractivity contribution in [1.82, 2.24) is 9.55 Å². The van der Waals surface area contributed by atoms with Crippen molar-refractivity contribution >= 4 is 44.2 Å². The van der Waals surface area contributed by atoms with E-state index in [4.69, 9.17) is 21.2 Å². The molecule has 0 atom stereocenters. The van der Waals surface area contributed by atoms with Crippen LogP contribution < -0.4 is 16.2 Å². The van der Waals surface area contributed by atoms with Crippen molar-refractivity contribution in [2.75, 3.05) is 12.8 Å². The van der Waals surface area contributed by atoms with Gasteiger partial charge in [0.15, 0.2) is 0 Å². The quantitative estimate of drug-likeness (QED) is 0.564. The number of nitrogen functional groups attached to an aromatic ring is 1. The summed E-state index contributed by atoms with van der Waals surface area (Å²) in [6.45, 7) is 5.91. The van der Waals surface area contributed by atoms with Gasteiger partial charge < -0.3 is 16.2 Å². The largest absolute Gasteiger partial charge is 0.496 e. The third-order valence-corrected chi connectivity index (χ3v) is 5.94. The average Bonchev–Trinajstić information content (AvgIpc) is 3.20. The monoisotopic (exact) mass is 380 g/mol. The van der Waals surface area contributed by atoms with Crippen molar-refractivity contribution in [3.8, 4) is 11.4 Å². The predicted octanol–water partition coefficient (Wildman–Crippen LogP) is 3.86. The van der Waals surface area contributed by atoms with Gasteiger partial charge >= 0.3 is 0 Å². The van der Waals surface area contributed by atoms with E-state index >= 15 is 0 Å². The highest BCUT2D eigenvalue weighted by Crippen LogP contribution is 2.40. The summed E-state index contributed by atoms with van der Waals surface area (Å²) in [5, 5.41) is 3.70. The Labute approximate surface area is 160 Å². The molecule has 0 radical (unpaired) electrons. The topological polar surface area (TPSA) is 96.2 Å². The first kappa shape index (κ1) is 17.4. The third-order valence-electron chi connectivity index (χ3n) is 5.01. The third kappa shape index (κ3) is 2.31. The summed E-state index contributed by atoms with van der Waals surface area (Å²) in [6, 6.07) is 5.89. The van der Waals surface area contributed by atoms with Crippen molar-refractivity contribution in [1.29, 1.82) is 0 Å². The number of carbonyl (C=O) groups excluding carboxylic acids is 1. The van der Waals surface area contributed by atoms with Crippen molar-refractivity contribution in [2.24, 2.45) is 5.73 Å². The number of thiophene rings is 1. The Morgan fingerprint density at radius 3 is 2.63 bits per heavy atom. The Balaban J connectivity index is 2.26. The zero-order valence-corrected chi connectivity index (χ0v) is 16.4. The number of ether oxygens (including phenoxy) is 1. The van der Waals surface area contributed by atoms with Gasteiger partial charge in [0.05, 0.1) is 23.7 Å². The number of rotatable bonds is 3. The molecule has 3 aromatic heterocycles. The zero-order valence-electron chi connectivity index (χ0n) is 15.6. The number of fused-ring (bicyclic) bond motifs is 3. The molecule has 27 heavy (non-hydrogen) atoms. The van der Waals surface area contributed by atoms with Crippen LogP contribution in [0, 0.1) is 20.8 Å². The van der Waals surface area contributed by atoms with Gasteiger partial charge in [-0.05, 0) is 43.8 Å². The van der Waals surface area contributed by atoms with Gasteiger partial charge in [-0.1, -0.05) is 6.07 Å². The summed E-state index contributed by atoms with van der Waals surface area (Å²) >= 11 is 1.55. The SMILES string of the molecule is COc1ccc(C)c(-n2c(N)c(C(N)=O)c3c4sccc4c(C)nc32)c1C. The molecule has 3 heterocycles. The molecule has 0 spiro atoms. The minimum Gasteiger partial charge on any atom is -0.496 e. The molecule has 0 saturated carbocycles. The molecular formula is C20H20N4O2S. The molecule has 1 amide bonds. The molecule has 0 aliphatic heterocycles. The fraction of sp³-hybridized carbons (Fsp3) is 0.200. The van der Waals surface area contributed by atoms with E-state index < -0.39 is 5.91 Å². The Kier molecular flexibility index (Phi) is 3.85.